The number of alkyl halides is 3. The lowest BCUT2D eigenvalue weighted by Gasteiger charge is -2.41. The maximum Gasteiger partial charge on any atom is 0.416 e. The number of piperidine rings is 1. The molecule has 0 bridgehead atoms. The number of hydrogen-bond donors (Lipinski definition) is 2. The zero-order chi connectivity index (χ0) is 30.9. The van der Waals surface area contributed by atoms with Gasteiger partial charge in [0.1, 0.15) is 13.7 Å². The van der Waals surface area contributed by atoms with Crippen LogP contribution >= 0.6 is 0 Å². The zero-order valence-electron chi connectivity index (χ0n) is 24.2. The number of amides is 2. The Bertz CT molecular complexity index is 1480. The van der Waals surface area contributed by atoms with Crippen molar-refractivity contribution in [1.82, 2.24) is 4.90 Å². The number of halogens is 4. The number of likely N-dealkylation sites (tertiary alicyclic amines) is 1. The number of hydrogen-bond acceptors (Lipinski definition) is 3. The van der Waals surface area contributed by atoms with Gasteiger partial charge in [-0.1, -0.05) is 48.6 Å². The Balaban J connectivity index is 1.50. The normalized spacial score (nSPS) is 19.3. The fraction of sp³-hybridized carbons (Fsp3) is 0.394. The van der Waals surface area contributed by atoms with E-state index in [9.17, 15) is 27.2 Å². The van der Waals surface area contributed by atoms with E-state index >= 15 is 0 Å². The van der Waals surface area contributed by atoms with Crippen LogP contribution in [0.15, 0.2) is 54.6 Å². The van der Waals surface area contributed by atoms with E-state index in [1.54, 1.807) is 13.0 Å². The van der Waals surface area contributed by atoms with Gasteiger partial charge >= 0.3 is 6.18 Å². The van der Waals surface area contributed by atoms with Crippen molar-refractivity contribution >= 4 is 36.5 Å². The highest BCUT2D eigenvalue weighted by molar-refractivity contribution is 6.36. The van der Waals surface area contributed by atoms with Crippen LogP contribution in [-0.2, 0) is 11.0 Å². The molecule has 10 heteroatoms. The van der Waals surface area contributed by atoms with Crippen LogP contribution in [0.1, 0.15) is 77.2 Å². The van der Waals surface area contributed by atoms with Crippen LogP contribution in [0.5, 0.6) is 0 Å². The van der Waals surface area contributed by atoms with E-state index in [2.05, 4.69) is 10.6 Å². The fourth-order valence-electron chi connectivity index (χ4n) is 6.41. The summed E-state index contributed by atoms with van der Waals surface area (Å²) in [6.45, 7) is 3.25. The summed E-state index contributed by atoms with van der Waals surface area (Å²) >= 11 is 0. The second-order valence-corrected chi connectivity index (χ2v) is 11.6. The summed E-state index contributed by atoms with van der Waals surface area (Å²) in [6, 6.07) is 13.6. The highest BCUT2D eigenvalue weighted by Gasteiger charge is 2.41. The Morgan fingerprint density at radius 2 is 1.63 bits per heavy atom. The van der Waals surface area contributed by atoms with Gasteiger partial charge in [0.05, 0.1) is 23.1 Å². The van der Waals surface area contributed by atoms with E-state index in [1.807, 2.05) is 24.3 Å². The fourth-order valence-corrected chi connectivity index (χ4v) is 6.41. The maximum absolute atomic E-state index is 14.9. The van der Waals surface area contributed by atoms with Crippen LogP contribution in [0.4, 0.5) is 28.9 Å². The third kappa shape index (κ3) is 6.58. The first-order valence-electron chi connectivity index (χ1n) is 14.6. The quantitative estimate of drug-likeness (QED) is 0.244. The van der Waals surface area contributed by atoms with Crippen LogP contribution in [0.2, 0.25) is 0 Å². The van der Waals surface area contributed by atoms with Gasteiger partial charge in [0, 0.05) is 24.0 Å². The molecule has 2 radical (unpaired) electrons. The zero-order valence-corrected chi connectivity index (χ0v) is 24.2. The van der Waals surface area contributed by atoms with Gasteiger partial charge in [0.25, 0.3) is 5.91 Å². The number of aryl methyl sites for hydroxylation is 2. The minimum absolute atomic E-state index is 0.00321. The van der Waals surface area contributed by atoms with Gasteiger partial charge in [0.2, 0.25) is 5.91 Å². The van der Waals surface area contributed by atoms with E-state index in [-0.39, 0.29) is 28.8 Å². The van der Waals surface area contributed by atoms with Gasteiger partial charge in [-0.05, 0) is 80.5 Å². The molecule has 1 saturated heterocycles. The molecule has 5 nitrogen and oxygen atoms in total. The van der Waals surface area contributed by atoms with Crippen molar-refractivity contribution in [2.45, 2.75) is 70.6 Å². The van der Waals surface area contributed by atoms with E-state index in [0.717, 1.165) is 24.6 Å². The number of nitrogens with one attached hydrogen (secondary N) is 2. The number of nitrogens with zero attached hydrogens (tertiary/aromatic N) is 1. The summed E-state index contributed by atoms with van der Waals surface area (Å²) in [5, 5.41) is 6.14. The summed E-state index contributed by atoms with van der Waals surface area (Å²) in [5.41, 5.74) is 0.907. The predicted molar refractivity (Wildman–Crippen MR) is 160 cm³/mol. The minimum atomic E-state index is -4.63. The molecule has 2 N–H and O–H groups in total. The molecule has 1 aliphatic heterocycles. The molecule has 1 heterocycles. The van der Waals surface area contributed by atoms with Crippen LogP contribution in [-0.4, -0.2) is 37.1 Å². The molecule has 3 aromatic carbocycles. The molecule has 2 atom stereocenters. The van der Waals surface area contributed by atoms with Crippen molar-refractivity contribution in [3.8, 4) is 0 Å². The Labute approximate surface area is 250 Å². The molecule has 43 heavy (non-hydrogen) atoms. The molecule has 0 unspecified atom stereocenters. The molecule has 2 amide bonds. The van der Waals surface area contributed by atoms with E-state index < -0.39 is 41.3 Å². The van der Waals surface area contributed by atoms with Gasteiger partial charge in [0.15, 0.2) is 0 Å². The molecule has 1 saturated carbocycles. The smallest absolute Gasteiger partial charge is 0.382 e. The Kier molecular flexibility index (Phi) is 8.85. The topological polar surface area (TPSA) is 61.4 Å². The lowest BCUT2D eigenvalue weighted by Crippen LogP contribution is -2.47. The van der Waals surface area contributed by atoms with Crippen molar-refractivity contribution in [1.29, 1.82) is 0 Å². The van der Waals surface area contributed by atoms with Gasteiger partial charge in [-0.15, -0.1) is 0 Å². The maximum atomic E-state index is 14.9. The third-order valence-corrected chi connectivity index (χ3v) is 8.60. The first-order chi connectivity index (χ1) is 20.4. The molecule has 0 aromatic heterocycles. The molecule has 2 fully saturated rings. The number of anilines is 2. The number of carbonyl (C=O) groups excluding carboxylic acids is 2. The van der Waals surface area contributed by atoms with E-state index in [0.29, 0.717) is 30.0 Å². The summed E-state index contributed by atoms with van der Waals surface area (Å²) in [4.78, 5) is 29.2. The lowest BCUT2D eigenvalue weighted by atomic mass is 9.82. The first-order valence-corrected chi connectivity index (χ1v) is 14.6. The standard InChI is InChI=1S/C33H34BF4N3O2/c1-19-7-5-11-27(35)29(19)32(43)41-16-6-10-24(30(41)21-12-14-23(15-13-21)39-22-8-3-4-9-22)31(42)40-28-18-25(33(36,37)38)20(2)17-26(28)34/h5,7,11-15,17-18,22,24,30,39H,3-4,6,8-10,16H2,1-2H3,(H,40,42)/t24-,30-/m0/s1. The van der Waals surface area contributed by atoms with Crippen LogP contribution in [0.3, 0.4) is 0 Å². The summed E-state index contributed by atoms with van der Waals surface area (Å²) in [6.07, 6.45) is 0.737. The van der Waals surface area contributed by atoms with Crippen LogP contribution in [0.25, 0.3) is 0 Å². The highest BCUT2D eigenvalue weighted by Crippen LogP contribution is 2.39. The monoisotopic (exact) mass is 591 g/mol. The largest absolute Gasteiger partial charge is 0.416 e. The predicted octanol–water partition coefficient (Wildman–Crippen LogP) is 6.84. The third-order valence-electron chi connectivity index (χ3n) is 8.60. The van der Waals surface area contributed by atoms with E-state index in [4.69, 9.17) is 7.85 Å². The summed E-state index contributed by atoms with van der Waals surface area (Å²) in [5.74, 6) is -2.59. The molecule has 1 aliphatic carbocycles. The Morgan fingerprint density at radius 1 is 0.930 bits per heavy atom. The van der Waals surface area contributed by atoms with Gasteiger partial charge < -0.3 is 15.5 Å². The number of carbonyl (C=O) groups is 2. The first kappa shape index (κ1) is 30.6. The molecule has 0 spiro atoms. The van der Waals surface area contributed by atoms with Gasteiger partial charge in [-0.2, -0.15) is 13.2 Å². The van der Waals surface area contributed by atoms with Gasteiger partial charge in [-0.25, -0.2) is 4.39 Å². The average Bonchev–Trinajstić information content (AvgIpc) is 3.47. The molecular formula is C33H34BF4N3O2. The van der Waals surface area contributed by atoms with Crippen molar-refractivity contribution in [2.24, 2.45) is 5.92 Å². The van der Waals surface area contributed by atoms with Crippen molar-refractivity contribution in [3.05, 3.63) is 88.2 Å². The van der Waals surface area contributed by atoms with Crippen molar-refractivity contribution in [3.63, 3.8) is 0 Å². The molecule has 3 aromatic rings. The minimum Gasteiger partial charge on any atom is -0.382 e. The van der Waals surface area contributed by atoms with E-state index in [1.165, 1.54) is 42.9 Å². The SMILES string of the molecule is [B]c1cc(C)c(C(F)(F)F)cc1NC(=O)[C@H]1CCCN(C(=O)c2c(C)cccc2F)[C@H]1c1ccc(NC2CCCC2)cc1. The second kappa shape index (κ2) is 12.4. The summed E-state index contributed by atoms with van der Waals surface area (Å²) in [7, 11) is 6.03. The Morgan fingerprint density at radius 3 is 2.28 bits per heavy atom. The molecule has 224 valence electrons. The summed E-state index contributed by atoms with van der Waals surface area (Å²) < 4.78 is 55.8. The van der Waals surface area contributed by atoms with Crippen LogP contribution < -0.4 is 16.1 Å². The Hall–Kier alpha value is -3.82. The average molecular weight is 591 g/mol. The van der Waals surface area contributed by atoms with Gasteiger partial charge in [-0.3, -0.25) is 9.59 Å². The van der Waals surface area contributed by atoms with Crippen molar-refractivity contribution in [2.75, 3.05) is 17.2 Å². The van der Waals surface area contributed by atoms with Crippen LogP contribution in [0, 0.1) is 25.6 Å². The molecule has 5 rings (SSSR count). The number of rotatable bonds is 6. The number of benzene rings is 3. The highest BCUT2D eigenvalue weighted by atomic mass is 19.4. The lowest BCUT2D eigenvalue weighted by molar-refractivity contribution is -0.138. The molecular weight excluding hydrogens is 557 g/mol. The molecule has 2 aliphatic rings. The van der Waals surface area contributed by atoms with Crippen molar-refractivity contribution < 1.29 is 27.2 Å². The second-order valence-electron chi connectivity index (χ2n) is 11.6.